The van der Waals surface area contributed by atoms with Crippen LogP contribution in [0.2, 0.25) is 0 Å². The van der Waals surface area contributed by atoms with Gasteiger partial charge in [-0.15, -0.1) is 0 Å². The Morgan fingerprint density at radius 2 is 2.40 bits per heavy atom. The third-order valence-electron chi connectivity index (χ3n) is 4.26. The van der Waals surface area contributed by atoms with Crippen molar-refractivity contribution in [3.63, 3.8) is 0 Å². The summed E-state index contributed by atoms with van der Waals surface area (Å²) in [5.41, 5.74) is 1.06. The monoisotopic (exact) mass is 279 g/mol. The molecule has 1 N–H and O–H groups in total. The normalized spacial score (nSPS) is 30.4. The van der Waals surface area contributed by atoms with Crippen LogP contribution in [0.4, 0.5) is 0 Å². The van der Waals surface area contributed by atoms with Crippen LogP contribution in [0.25, 0.3) is 0 Å². The number of nitrogens with one attached hydrogen (secondary N) is 1. The summed E-state index contributed by atoms with van der Waals surface area (Å²) in [6.07, 6.45) is 5.19. The smallest absolute Gasteiger partial charge is 0.0957 e. The van der Waals surface area contributed by atoms with E-state index in [0.717, 1.165) is 51.3 Å². The number of nitrogens with zero attached hydrogens (tertiary/aromatic N) is 2. The Morgan fingerprint density at radius 1 is 1.50 bits per heavy atom. The molecule has 1 aromatic rings. The van der Waals surface area contributed by atoms with E-state index in [1.54, 1.807) is 0 Å². The highest BCUT2D eigenvalue weighted by Crippen LogP contribution is 2.37. The fraction of sp³-hybridized carbons (Fsp3) is 0.800. The molecule has 0 saturated carbocycles. The van der Waals surface area contributed by atoms with E-state index in [-0.39, 0.29) is 5.60 Å². The molecule has 0 aromatic carbocycles. The molecule has 5 nitrogen and oxygen atoms in total. The van der Waals surface area contributed by atoms with Crippen LogP contribution in [-0.2, 0) is 16.0 Å². The molecule has 2 aliphatic heterocycles. The zero-order valence-electron chi connectivity index (χ0n) is 12.5. The summed E-state index contributed by atoms with van der Waals surface area (Å²) in [4.78, 5) is 0. The molecule has 0 bridgehead atoms. The lowest BCUT2D eigenvalue weighted by molar-refractivity contribution is -0.0962. The van der Waals surface area contributed by atoms with Gasteiger partial charge in [0.25, 0.3) is 0 Å². The summed E-state index contributed by atoms with van der Waals surface area (Å²) in [5, 5.41) is 8.12. The molecule has 3 heterocycles. The van der Waals surface area contributed by atoms with Crippen molar-refractivity contribution in [2.24, 2.45) is 0 Å². The molecule has 0 radical (unpaired) electrons. The molecular weight excluding hydrogens is 254 g/mol. The van der Waals surface area contributed by atoms with Gasteiger partial charge in [-0.05, 0) is 12.5 Å². The van der Waals surface area contributed by atoms with Gasteiger partial charge in [0, 0.05) is 44.8 Å². The summed E-state index contributed by atoms with van der Waals surface area (Å²) in [6, 6.07) is 3.04. The molecule has 112 valence electrons. The Kier molecular flexibility index (Phi) is 4.10. The number of ether oxygens (including phenoxy) is 2. The second kappa shape index (κ2) is 5.84. The zero-order valence-corrected chi connectivity index (χ0v) is 12.5. The molecule has 20 heavy (non-hydrogen) atoms. The first kappa shape index (κ1) is 14.0. The molecule has 2 fully saturated rings. The number of rotatable bonds is 4. The van der Waals surface area contributed by atoms with Crippen molar-refractivity contribution in [2.45, 2.75) is 57.3 Å². The zero-order chi connectivity index (χ0) is 14.0. The first-order chi connectivity index (χ1) is 9.67. The molecule has 0 aliphatic carbocycles. The average molecular weight is 279 g/mol. The molecule has 3 rings (SSSR count). The fourth-order valence-corrected chi connectivity index (χ4v) is 3.07. The van der Waals surface area contributed by atoms with E-state index >= 15 is 0 Å². The largest absolute Gasteiger partial charge is 0.378 e. The molecule has 1 spiro atoms. The molecule has 5 heteroatoms. The maximum atomic E-state index is 5.99. The minimum absolute atomic E-state index is 0.0504. The molecule has 0 amide bonds. The molecule has 1 aromatic heterocycles. The first-order valence-electron chi connectivity index (χ1n) is 7.66. The van der Waals surface area contributed by atoms with E-state index in [4.69, 9.17) is 14.6 Å². The van der Waals surface area contributed by atoms with Crippen molar-refractivity contribution in [3.8, 4) is 0 Å². The van der Waals surface area contributed by atoms with Gasteiger partial charge in [0.15, 0.2) is 0 Å². The van der Waals surface area contributed by atoms with E-state index in [1.165, 1.54) is 0 Å². The maximum Gasteiger partial charge on any atom is 0.0957 e. The average Bonchev–Trinajstić information content (AvgIpc) is 3.06. The number of hydrogen-bond acceptors (Lipinski definition) is 4. The number of hydrogen-bond donors (Lipinski definition) is 1. The lowest BCUT2D eigenvalue weighted by atomic mass is 9.90. The molecule has 2 saturated heterocycles. The van der Waals surface area contributed by atoms with E-state index in [2.05, 4.69) is 36.1 Å². The Labute approximate surface area is 120 Å². The lowest BCUT2D eigenvalue weighted by Gasteiger charge is -2.37. The Balaban J connectivity index is 1.63. The number of aromatic nitrogens is 2. The van der Waals surface area contributed by atoms with Crippen molar-refractivity contribution in [2.75, 3.05) is 19.8 Å². The summed E-state index contributed by atoms with van der Waals surface area (Å²) >= 11 is 0. The van der Waals surface area contributed by atoms with E-state index in [0.29, 0.717) is 12.1 Å². The van der Waals surface area contributed by atoms with Crippen LogP contribution in [0.1, 0.15) is 44.8 Å². The van der Waals surface area contributed by atoms with Gasteiger partial charge in [0.05, 0.1) is 23.9 Å². The fourth-order valence-electron chi connectivity index (χ4n) is 3.07. The van der Waals surface area contributed by atoms with Crippen LogP contribution in [0.5, 0.6) is 0 Å². The van der Waals surface area contributed by atoms with Crippen LogP contribution < -0.4 is 5.32 Å². The predicted octanol–water partition coefficient (Wildman–Crippen LogP) is 1.89. The van der Waals surface area contributed by atoms with Gasteiger partial charge >= 0.3 is 0 Å². The van der Waals surface area contributed by atoms with E-state index in [1.807, 2.05) is 0 Å². The van der Waals surface area contributed by atoms with Crippen molar-refractivity contribution < 1.29 is 9.47 Å². The standard InChI is InChI=1S/C15H25N3O2/c1-12(2)16-10-13-3-6-18(17-13)14-4-7-20-15(9-14)5-8-19-11-15/h3,6,12,14,16H,4-5,7-11H2,1-2H3. The second-order valence-corrected chi connectivity index (χ2v) is 6.30. The quantitative estimate of drug-likeness (QED) is 0.914. The van der Waals surface area contributed by atoms with Gasteiger partial charge in [-0.25, -0.2) is 0 Å². The Morgan fingerprint density at radius 3 is 3.15 bits per heavy atom. The van der Waals surface area contributed by atoms with Crippen molar-refractivity contribution in [3.05, 3.63) is 18.0 Å². The van der Waals surface area contributed by atoms with Gasteiger partial charge in [-0.2, -0.15) is 5.10 Å². The molecule has 2 unspecified atom stereocenters. The SMILES string of the molecule is CC(C)NCc1ccn(C2CCOC3(CCOC3)C2)n1. The summed E-state index contributed by atoms with van der Waals surface area (Å²) < 4.78 is 13.6. The third-order valence-corrected chi connectivity index (χ3v) is 4.26. The highest BCUT2D eigenvalue weighted by molar-refractivity contribution is 5.01. The summed E-state index contributed by atoms with van der Waals surface area (Å²) in [5.74, 6) is 0. The van der Waals surface area contributed by atoms with Crippen molar-refractivity contribution >= 4 is 0 Å². The molecule has 2 atom stereocenters. The summed E-state index contributed by atoms with van der Waals surface area (Å²) in [6.45, 7) is 7.52. The minimum atomic E-state index is -0.0504. The second-order valence-electron chi connectivity index (χ2n) is 6.30. The Hall–Kier alpha value is -0.910. The van der Waals surface area contributed by atoms with Crippen LogP contribution in [0.3, 0.4) is 0 Å². The first-order valence-corrected chi connectivity index (χ1v) is 7.66. The van der Waals surface area contributed by atoms with Gasteiger partial charge in [-0.1, -0.05) is 13.8 Å². The topological polar surface area (TPSA) is 48.3 Å². The van der Waals surface area contributed by atoms with E-state index in [9.17, 15) is 0 Å². The summed E-state index contributed by atoms with van der Waals surface area (Å²) in [7, 11) is 0. The predicted molar refractivity (Wildman–Crippen MR) is 76.6 cm³/mol. The van der Waals surface area contributed by atoms with Crippen molar-refractivity contribution in [1.82, 2.24) is 15.1 Å². The van der Waals surface area contributed by atoms with Crippen LogP contribution >= 0.6 is 0 Å². The van der Waals surface area contributed by atoms with E-state index < -0.39 is 0 Å². The maximum absolute atomic E-state index is 5.99. The van der Waals surface area contributed by atoms with Crippen LogP contribution in [-0.4, -0.2) is 41.2 Å². The van der Waals surface area contributed by atoms with Crippen molar-refractivity contribution in [1.29, 1.82) is 0 Å². The molecular formula is C15H25N3O2. The highest BCUT2D eigenvalue weighted by Gasteiger charge is 2.41. The van der Waals surface area contributed by atoms with Gasteiger partial charge in [-0.3, -0.25) is 4.68 Å². The lowest BCUT2D eigenvalue weighted by Crippen LogP contribution is -2.41. The minimum Gasteiger partial charge on any atom is -0.378 e. The molecule has 2 aliphatic rings. The van der Waals surface area contributed by atoms with Gasteiger partial charge in [0.1, 0.15) is 0 Å². The van der Waals surface area contributed by atoms with Gasteiger partial charge < -0.3 is 14.8 Å². The van der Waals surface area contributed by atoms with Gasteiger partial charge in [0.2, 0.25) is 0 Å². The van der Waals surface area contributed by atoms with Crippen LogP contribution in [0, 0.1) is 0 Å². The Bertz CT molecular complexity index is 438. The third kappa shape index (κ3) is 3.05. The van der Waals surface area contributed by atoms with Crippen LogP contribution in [0.15, 0.2) is 12.3 Å². The highest BCUT2D eigenvalue weighted by atomic mass is 16.6.